The fourth-order valence-corrected chi connectivity index (χ4v) is 2.40. The highest BCUT2D eigenvalue weighted by molar-refractivity contribution is 7.86. The third-order valence-corrected chi connectivity index (χ3v) is 3.76. The van der Waals surface area contributed by atoms with Gasteiger partial charge in [-0.3, -0.25) is 0 Å². The van der Waals surface area contributed by atoms with Gasteiger partial charge in [-0.05, 0) is 26.0 Å². The fourth-order valence-electron chi connectivity index (χ4n) is 1.41. The average Bonchev–Trinajstić information content (AvgIpc) is 2.38. The zero-order valence-corrected chi connectivity index (χ0v) is 12.6. The molecule has 0 aliphatic heterocycles. The molecule has 112 valence electrons. The smallest absolute Gasteiger partial charge is 0.299 e. The van der Waals surface area contributed by atoms with Crippen molar-refractivity contribution in [1.82, 2.24) is 0 Å². The summed E-state index contributed by atoms with van der Waals surface area (Å²) in [6, 6.07) is 6.44. The molecule has 6 heteroatoms. The number of benzene rings is 1. The molecule has 0 N–H and O–H groups in total. The third kappa shape index (κ3) is 5.83. The second kappa shape index (κ2) is 8.16. The number of hydrogen-bond donors (Lipinski definition) is 0. The molecule has 0 bridgehead atoms. The van der Waals surface area contributed by atoms with E-state index in [2.05, 4.69) is 6.58 Å². The molecule has 0 aromatic heterocycles. The quantitative estimate of drug-likeness (QED) is 0.303. The highest BCUT2D eigenvalue weighted by Crippen LogP contribution is 2.15. The first kappa shape index (κ1) is 16.8. The van der Waals surface area contributed by atoms with Crippen LogP contribution in [0.25, 0.3) is 0 Å². The van der Waals surface area contributed by atoms with Gasteiger partial charge in [0.15, 0.2) is 6.29 Å². The van der Waals surface area contributed by atoms with Crippen LogP contribution in [0.5, 0.6) is 0 Å². The Morgan fingerprint density at radius 3 is 2.50 bits per heavy atom. The zero-order valence-electron chi connectivity index (χ0n) is 11.7. The highest BCUT2D eigenvalue weighted by Gasteiger charge is 2.19. The summed E-state index contributed by atoms with van der Waals surface area (Å²) < 4.78 is 39.2. The van der Waals surface area contributed by atoms with E-state index in [4.69, 9.17) is 13.7 Å². The van der Waals surface area contributed by atoms with Gasteiger partial charge < -0.3 is 9.47 Å². The first-order valence-corrected chi connectivity index (χ1v) is 7.67. The average molecular weight is 300 g/mol. The third-order valence-electron chi connectivity index (χ3n) is 2.39. The van der Waals surface area contributed by atoms with Gasteiger partial charge in [-0.25, -0.2) is 4.18 Å². The molecule has 0 fully saturated rings. The molecule has 0 spiro atoms. The van der Waals surface area contributed by atoms with Crippen LogP contribution in [0.15, 0.2) is 41.8 Å². The Morgan fingerprint density at radius 1 is 1.25 bits per heavy atom. The molecule has 0 amide bonds. The molecule has 0 radical (unpaired) electrons. The maximum atomic E-state index is 11.9. The van der Waals surface area contributed by atoms with Crippen LogP contribution in [-0.2, 0) is 23.8 Å². The van der Waals surface area contributed by atoms with E-state index in [1.807, 2.05) is 6.92 Å². The summed E-state index contributed by atoms with van der Waals surface area (Å²) in [5.41, 5.74) is 0.979. The zero-order chi connectivity index (χ0) is 15.0. The summed E-state index contributed by atoms with van der Waals surface area (Å²) in [7, 11) is -3.81. The summed E-state index contributed by atoms with van der Waals surface area (Å²) >= 11 is 0. The van der Waals surface area contributed by atoms with Gasteiger partial charge in [0.2, 0.25) is 0 Å². The topological polar surface area (TPSA) is 61.8 Å². The van der Waals surface area contributed by atoms with Crippen molar-refractivity contribution in [1.29, 1.82) is 0 Å². The Balaban J connectivity index is 2.45. The second-order valence-electron chi connectivity index (χ2n) is 4.17. The number of rotatable bonds is 9. The van der Waals surface area contributed by atoms with Gasteiger partial charge in [-0.2, -0.15) is 8.42 Å². The molecule has 20 heavy (non-hydrogen) atoms. The first-order valence-electron chi connectivity index (χ1n) is 6.26. The van der Waals surface area contributed by atoms with E-state index >= 15 is 0 Å². The Labute approximate surface area is 120 Å². The molecule has 1 atom stereocenters. The summed E-state index contributed by atoms with van der Waals surface area (Å²) in [5, 5.41) is 0. The predicted molar refractivity (Wildman–Crippen MR) is 75.9 cm³/mol. The van der Waals surface area contributed by atoms with Gasteiger partial charge >= 0.3 is 0 Å². The SMILES string of the molecule is C=CCOCCOC(C)OS(=O)(=O)c1ccc(C)cc1. The van der Waals surface area contributed by atoms with Crippen molar-refractivity contribution in [2.45, 2.75) is 25.0 Å². The van der Waals surface area contributed by atoms with Crippen molar-refractivity contribution >= 4 is 10.1 Å². The molecule has 0 heterocycles. The molecular formula is C14H20O5S. The molecule has 0 aliphatic rings. The van der Waals surface area contributed by atoms with Crippen LogP contribution >= 0.6 is 0 Å². The normalized spacial score (nSPS) is 13.1. The Hall–Kier alpha value is -1.21. The van der Waals surface area contributed by atoms with Crippen molar-refractivity contribution in [2.24, 2.45) is 0 Å². The van der Waals surface area contributed by atoms with Crippen LogP contribution in [0.2, 0.25) is 0 Å². The second-order valence-corrected chi connectivity index (χ2v) is 5.74. The van der Waals surface area contributed by atoms with Crippen LogP contribution in [0.4, 0.5) is 0 Å². The molecule has 0 saturated carbocycles. The molecule has 0 saturated heterocycles. The summed E-state index contributed by atoms with van der Waals surface area (Å²) in [5.74, 6) is 0. The van der Waals surface area contributed by atoms with E-state index in [0.717, 1.165) is 5.56 Å². The van der Waals surface area contributed by atoms with Gasteiger partial charge in [0.1, 0.15) is 0 Å². The predicted octanol–water partition coefficient (Wildman–Crippen LogP) is 2.27. The van der Waals surface area contributed by atoms with Gasteiger partial charge in [0.05, 0.1) is 24.7 Å². The highest BCUT2D eigenvalue weighted by atomic mass is 32.2. The molecule has 0 aliphatic carbocycles. The largest absolute Gasteiger partial charge is 0.375 e. The maximum absolute atomic E-state index is 11.9. The van der Waals surface area contributed by atoms with Gasteiger partial charge in [0, 0.05) is 0 Å². The minimum absolute atomic E-state index is 0.112. The molecule has 1 unspecified atom stereocenters. The molecule has 5 nitrogen and oxygen atoms in total. The van der Waals surface area contributed by atoms with Crippen LogP contribution in [0.1, 0.15) is 12.5 Å². The fraction of sp³-hybridized carbons (Fsp3) is 0.429. The van der Waals surface area contributed by atoms with E-state index in [1.54, 1.807) is 18.2 Å². The Bertz CT molecular complexity index is 507. The van der Waals surface area contributed by atoms with Crippen LogP contribution in [-0.4, -0.2) is 34.5 Å². The van der Waals surface area contributed by atoms with E-state index < -0.39 is 16.4 Å². The van der Waals surface area contributed by atoms with Crippen LogP contribution in [0, 0.1) is 6.92 Å². The number of ether oxygens (including phenoxy) is 2. The van der Waals surface area contributed by atoms with Gasteiger partial charge in [0.25, 0.3) is 10.1 Å². The van der Waals surface area contributed by atoms with E-state index in [1.165, 1.54) is 19.1 Å². The number of hydrogen-bond acceptors (Lipinski definition) is 5. The van der Waals surface area contributed by atoms with Crippen molar-refractivity contribution in [2.75, 3.05) is 19.8 Å². The minimum Gasteiger partial charge on any atom is -0.375 e. The van der Waals surface area contributed by atoms with Gasteiger partial charge in [-0.15, -0.1) is 6.58 Å². The first-order chi connectivity index (χ1) is 9.45. The summed E-state index contributed by atoms with van der Waals surface area (Å²) in [6.07, 6.45) is 0.760. The monoisotopic (exact) mass is 300 g/mol. The molecule has 1 aromatic carbocycles. The standard InChI is InChI=1S/C14H20O5S/c1-4-9-17-10-11-18-13(3)19-20(15,16)14-7-5-12(2)6-8-14/h4-8,13H,1,9-11H2,2-3H3. The van der Waals surface area contributed by atoms with E-state index in [9.17, 15) is 8.42 Å². The van der Waals surface area contributed by atoms with Gasteiger partial charge in [-0.1, -0.05) is 23.8 Å². The van der Waals surface area contributed by atoms with E-state index in [-0.39, 0.29) is 11.5 Å². The number of aryl methyl sites for hydroxylation is 1. The lowest BCUT2D eigenvalue weighted by Crippen LogP contribution is -2.20. The van der Waals surface area contributed by atoms with Crippen molar-refractivity contribution in [3.63, 3.8) is 0 Å². The van der Waals surface area contributed by atoms with Crippen molar-refractivity contribution in [3.8, 4) is 0 Å². The summed E-state index contributed by atoms with van der Waals surface area (Å²) in [4.78, 5) is 0.112. The Kier molecular flexibility index (Phi) is 6.87. The molecule has 1 rings (SSSR count). The Morgan fingerprint density at radius 2 is 1.90 bits per heavy atom. The van der Waals surface area contributed by atoms with Crippen molar-refractivity contribution in [3.05, 3.63) is 42.5 Å². The van der Waals surface area contributed by atoms with Crippen LogP contribution in [0.3, 0.4) is 0 Å². The van der Waals surface area contributed by atoms with E-state index in [0.29, 0.717) is 13.2 Å². The molecule has 1 aromatic rings. The maximum Gasteiger partial charge on any atom is 0.299 e. The lowest BCUT2D eigenvalue weighted by molar-refractivity contribution is -0.0783. The summed E-state index contributed by atoms with van der Waals surface area (Å²) in [6.45, 7) is 7.95. The lowest BCUT2D eigenvalue weighted by Gasteiger charge is -2.14. The molecular weight excluding hydrogens is 280 g/mol. The lowest BCUT2D eigenvalue weighted by atomic mass is 10.2. The minimum atomic E-state index is -3.81. The van der Waals surface area contributed by atoms with Crippen LogP contribution < -0.4 is 0 Å². The van der Waals surface area contributed by atoms with Crippen molar-refractivity contribution < 1.29 is 22.1 Å².